The summed E-state index contributed by atoms with van der Waals surface area (Å²) in [6, 6.07) is 7.50. The predicted molar refractivity (Wildman–Crippen MR) is 47.1 cm³/mol. The SMILES string of the molecule is N=C1C=c2ccccc2=NC1=N. The van der Waals surface area contributed by atoms with Gasteiger partial charge in [0.2, 0.25) is 0 Å². The zero-order chi connectivity index (χ0) is 8.55. The van der Waals surface area contributed by atoms with Gasteiger partial charge in [-0.05, 0) is 12.1 Å². The van der Waals surface area contributed by atoms with E-state index in [0.29, 0.717) is 0 Å². The van der Waals surface area contributed by atoms with Crippen LogP contribution in [0.1, 0.15) is 0 Å². The van der Waals surface area contributed by atoms with Crippen molar-refractivity contribution in [1.82, 2.24) is 0 Å². The van der Waals surface area contributed by atoms with Crippen LogP contribution in [0.25, 0.3) is 6.08 Å². The van der Waals surface area contributed by atoms with Crippen LogP contribution < -0.4 is 10.6 Å². The van der Waals surface area contributed by atoms with Crippen LogP contribution in [0.15, 0.2) is 29.3 Å². The van der Waals surface area contributed by atoms with E-state index in [-0.39, 0.29) is 11.5 Å². The summed E-state index contributed by atoms with van der Waals surface area (Å²) in [4.78, 5) is 3.95. The highest BCUT2D eigenvalue weighted by atomic mass is 14.8. The highest BCUT2D eigenvalue weighted by molar-refractivity contribution is 6.50. The lowest BCUT2D eigenvalue weighted by atomic mass is 10.2. The predicted octanol–water partition coefficient (Wildman–Crippen LogP) is 0.0973. The number of para-hydroxylation sites is 1. The van der Waals surface area contributed by atoms with Crippen molar-refractivity contribution < 1.29 is 0 Å². The number of rotatable bonds is 0. The Morgan fingerprint density at radius 2 is 1.83 bits per heavy atom. The van der Waals surface area contributed by atoms with Gasteiger partial charge >= 0.3 is 0 Å². The summed E-state index contributed by atoms with van der Waals surface area (Å²) in [5.41, 5.74) is 0.175. The van der Waals surface area contributed by atoms with Gasteiger partial charge < -0.3 is 0 Å². The molecule has 3 heteroatoms. The fourth-order valence-electron chi connectivity index (χ4n) is 1.12. The van der Waals surface area contributed by atoms with Crippen LogP contribution in [0.4, 0.5) is 0 Å². The molecule has 12 heavy (non-hydrogen) atoms. The van der Waals surface area contributed by atoms with Gasteiger partial charge in [-0.3, -0.25) is 10.8 Å². The normalized spacial score (nSPS) is 14.7. The highest BCUT2D eigenvalue weighted by Gasteiger charge is 2.03. The van der Waals surface area contributed by atoms with Crippen LogP contribution in [0, 0.1) is 10.8 Å². The molecule has 1 aliphatic rings. The van der Waals surface area contributed by atoms with Crippen LogP contribution in [0.2, 0.25) is 0 Å². The standard InChI is InChI=1S/C9H7N3/c10-7-5-6-3-1-2-4-8(6)12-9(7)11/h1-5,10-11H. The Morgan fingerprint density at radius 1 is 1.08 bits per heavy atom. The van der Waals surface area contributed by atoms with E-state index in [1.54, 1.807) is 6.08 Å². The highest BCUT2D eigenvalue weighted by Crippen LogP contribution is 1.86. The lowest BCUT2D eigenvalue weighted by molar-refractivity contribution is 1.30. The number of hydrogen-bond acceptors (Lipinski definition) is 2. The van der Waals surface area contributed by atoms with Crippen molar-refractivity contribution in [2.75, 3.05) is 0 Å². The first-order valence-electron chi connectivity index (χ1n) is 3.60. The largest absolute Gasteiger partial charge is 0.297 e. The third-order valence-corrected chi connectivity index (χ3v) is 1.72. The van der Waals surface area contributed by atoms with Gasteiger partial charge in [0.05, 0.1) is 11.1 Å². The zero-order valence-electron chi connectivity index (χ0n) is 6.33. The second-order valence-corrected chi connectivity index (χ2v) is 2.58. The van der Waals surface area contributed by atoms with E-state index < -0.39 is 0 Å². The monoisotopic (exact) mass is 157 g/mol. The molecule has 1 heterocycles. The Balaban J connectivity index is 2.87. The molecule has 0 bridgehead atoms. The first-order valence-corrected chi connectivity index (χ1v) is 3.60. The number of nitrogens with zero attached hydrogens (tertiary/aromatic N) is 1. The van der Waals surface area contributed by atoms with E-state index >= 15 is 0 Å². The molecule has 0 atom stereocenters. The molecule has 0 spiro atoms. The smallest absolute Gasteiger partial charge is 0.170 e. The third-order valence-electron chi connectivity index (χ3n) is 1.72. The number of benzene rings is 1. The van der Waals surface area contributed by atoms with Gasteiger partial charge in [-0.2, -0.15) is 0 Å². The van der Waals surface area contributed by atoms with Gasteiger partial charge in [-0.1, -0.05) is 18.2 Å². The summed E-state index contributed by atoms with van der Waals surface area (Å²) in [6.45, 7) is 0. The van der Waals surface area contributed by atoms with Crippen LogP contribution in [0.5, 0.6) is 0 Å². The van der Waals surface area contributed by atoms with Crippen LogP contribution >= 0.6 is 0 Å². The lowest BCUT2D eigenvalue weighted by Crippen LogP contribution is -2.32. The van der Waals surface area contributed by atoms with Gasteiger partial charge in [-0.15, -0.1) is 0 Å². The molecule has 0 fully saturated rings. The molecule has 2 rings (SSSR count). The number of amidine groups is 1. The summed E-state index contributed by atoms with van der Waals surface area (Å²) in [5.74, 6) is 0.0358. The summed E-state index contributed by atoms with van der Waals surface area (Å²) in [5, 5.41) is 16.3. The van der Waals surface area contributed by atoms with Gasteiger partial charge in [0, 0.05) is 5.22 Å². The van der Waals surface area contributed by atoms with Crippen molar-refractivity contribution in [2.24, 2.45) is 4.99 Å². The molecule has 0 radical (unpaired) electrons. The van der Waals surface area contributed by atoms with Gasteiger partial charge in [0.25, 0.3) is 0 Å². The Labute approximate surface area is 69.1 Å². The quantitative estimate of drug-likeness (QED) is 0.536. The molecule has 0 aliphatic carbocycles. The molecule has 58 valence electrons. The summed E-state index contributed by atoms with van der Waals surface area (Å²) in [7, 11) is 0. The fraction of sp³-hybridized carbons (Fsp3) is 0. The Kier molecular flexibility index (Phi) is 1.37. The van der Waals surface area contributed by atoms with Crippen molar-refractivity contribution in [3.05, 3.63) is 34.8 Å². The fourth-order valence-corrected chi connectivity index (χ4v) is 1.12. The average molecular weight is 157 g/mol. The van der Waals surface area contributed by atoms with Gasteiger partial charge in [-0.25, -0.2) is 4.99 Å². The second-order valence-electron chi connectivity index (χ2n) is 2.58. The maximum Gasteiger partial charge on any atom is 0.170 e. The topological polar surface area (TPSA) is 60.1 Å². The summed E-state index contributed by atoms with van der Waals surface area (Å²) < 4.78 is 0. The first kappa shape index (κ1) is 6.91. The lowest BCUT2D eigenvalue weighted by Gasteiger charge is -2.00. The molecular weight excluding hydrogens is 150 g/mol. The van der Waals surface area contributed by atoms with E-state index in [0.717, 1.165) is 10.6 Å². The Morgan fingerprint density at radius 3 is 2.67 bits per heavy atom. The molecule has 0 amide bonds. The molecule has 2 N–H and O–H groups in total. The van der Waals surface area contributed by atoms with Crippen molar-refractivity contribution in [3.8, 4) is 0 Å². The average Bonchev–Trinajstić information content (AvgIpc) is 2.07. The van der Waals surface area contributed by atoms with E-state index in [9.17, 15) is 0 Å². The second kappa shape index (κ2) is 2.37. The van der Waals surface area contributed by atoms with Crippen molar-refractivity contribution in [3.63, 3.8) is 0 Å². The maximum absolute atomic E-state index is 7.35. The molecule has 1 aliphatic heterocycles. The Hall–Kier alpha value is -1.77. The molecule has 0 aromatic heterocycles. The minimum Gasteiger partial charge on any atom is -0.297 e. The van der Waals surface area contributed by atoms with Gasteiger partial charge in [0.1, 0.15) is 0 Å². The molecular formula is C9H7N3. The molecule has 1 aromatic rings. The first-order chi connectivity index (χ1) is 5.77. The number of fused-ring (bicyclic) bond motifs is 1. The van der Waals surface area contributed by atoms with Crippen molar-refractivity contribution >= 4 is 17.6 Å². The minimum absolute atomic E-state index is 0.0358. The van der Waals surface area contributed by atoms with E-state index in [1.807, 2.05) is 24.3 Å². The number of hydrogen-bond donors (Lipinski definition) is 2. The van der Waals surface area contributed by atoms with Crippen LogP contribution in [-0.4, -0.2) is 11.5 Å². The zero-order valence-corrected chi connectivity index (χ0v) is 6.33. The molecule has 0 unspecified atom stereocenters. The molecule has 0 saturated heterocycles. The van der Waals surface area contributed by atoms with Crippen molar-refractivity contribution in [1.29, 1.82) is 10.8 Å². The van der Waals surface area contributed by atoms with E-state index in [2.05, 4.69) is 4.99 Å². The van der Waals surface area contributed by atoms with Crippen LogP contribution in [-0.2, 0) is 0 Å². The van der Waals surface area contributed by atoms with E-state index in [4.69, 9.17) is 10.8 Å². The van der Waals surface area contributed by atoms with Gasteiger partial charge in [0.15, 0.2) is 5.84 Å². The molecule has 1 aromatic carbocycles. The Bertz CT molecular complexity index is 426. The minimum atomic E-state index is 0.0358. The summed E-state index contributed by atoms with van der Waals surface area (Å²) >= 11 is 0. The third kappa shape index (κ3) is 0.955. The summed E-state index contributed by atoms with van der Waals surface area (Å²) in [6.07, 6.45) is 1.66. The molecule has 3 nitrogen and oxygen atoms in total. The van der Waals surface area contributed by atoms with E-state index in [1.165, 1.54) is 0 Å². The van der Waals surface area contributed by atoms with Crippen LogP contribution in [0.3, 0.4) is 0 Å². The number of nitrogens with one attached hydrogen (secondary N) is 2. The van der Waals surface area contributed by atoms with Crippen molar-refractivity contribution in [2.45, 2.75) is 0 Å². The molecule has 0 saturated carbocycles. The maximum atomic E-state index is 7.35.